The van der Waals surface area contributed by atoms with Gasteiger partial charge in [0.1, 0.15) is 26.4 Å². The van der Waals surface area contributed by atoms with Crippen molar-refractivity contribution in [1.29, 1.82) is 0 Å². The third kappa shape index (κ3) is 15.9. The molecule has 0 fully saturated rings. The first-order valence-corrected chi connectivity index (χ1v) is 5.78. The van der Waals surface area contributed by atoms with Crippen molar-refractivity contribution in [2.75, 3.05) is 26.4 Å². The molecule has 0 amide bonds. The van der Waals surface area contributed by atoms with Crippen LogP contribution in [0, 0.1) is 0 Å². The molecule has 0 heterocycles. The molecule has 0 aromatic heterocycles. The second-order valence-corrected chi connectivity index (χ2v) is 4.28. The molecule has 0 unspecified atom stereocenters. The van der Waals surface area contributed by atoms with Crippen LogP contribution in [0.2, 0.25) is 0 Å². The molecule has 0 spiro atoms. The van der Waals surface area contributed by atoms with Gasteiger partial charge in [-0.05, 0) is 0 Å². The van der Waals surface area contributed by atoms with Crippen LogP contribution in [0.1, 0.15) is 0 Å². The van der Waals surface area contributed by atoms with Crippen molar-refractivity contribution in [2.24, 2.45) is 0 Å². The van der Waals surface area contributed by atoms with Crippen LogP contribution < -0.4 is 18.9 Å². The Hall–Kier alpha value is -0.338. The van der Waals surface area contributed by atoms with Gasteiger partial charge in [-0.1, -0.05) is 0 Å². The van der Waals surface area contributed by atoms with E-state index in [-0.39, 0.29) is 18.9 Å². The SMILES string of the molecule is FC(F)(F)CO[B-](OCC(F)(F)F)(OCC(F)(F)F)OCC(F)(F)F.[Li+]. The topological polar surface area (TPSA) is 36.9 Å². The van der Waals surface area contributed by atoms with Crippen molar-refractivity contribution in [3.63, 3.8) is 0 Å². The Bertz CT molecular complexity index is 328. The summed E-state index contributed by atoms with van der Waals surface area (Å²) in [5.41, 5.74) is 0. The summed E-state index contributed by atoms with van der Waals surface area (Å²) in [6.07, 6.45) is -21.4. The van der Waals surface area contributed by atoms with Gasteiger partial charge in [0.2, 0.25) is 0 Å². The number of hydrogen-bond donors (Lipinski definition) is 0. The molecule has 26 heavy (non-hydrogen) atoms. The molecule has 4 nitrogen and oxygen atoms in total. The minimum absolute atomic E-state index is 0. The molecule has 0 aromatic carbocycles. The molecular formula is C8H8BF12LiO4. The minimum atomic E-state index is -5.35. The van der Waals surface area contributed by atoms with E-state index < -0.39 is 58.1 Å². The summed E-state index contributed by atoms with van der Waals surface area (Å²) >= 11 is 0. The monoisotopic (exact) mass is 414 g/mol. The predicted molar refractivity (Wildman–Crippen MR) is 53.8 cm³/mol. The maximum atomic E-state index is 12.1. The molecule has 0 saturated heterocycles. The molecule has 0 aliphatic heterocycles. The summed E-state index contributed by atoms with van der Waals surface area (Å²) < 4.78 is 159. The molecule has 0 aliphatic carbocycles. The first kappa shape index (κ1) is 27.9. The summed E-state index contributed by atoms with van der Waals surface area (Å²) in [6.45, 7) is -15.5. The molecule has 0 saturated carbocycles. The summed E-state index contributed by atoms with van der Waals surface area (Å²) in [5.74, 6) is 0. The molecule has 0 aromatic rings. The fourth-order valence-electron chi connectivity index (χ4n) is 1.07. The zero-order valence-electron chi connectivity index (χ0n) is 12.6. The van der Waals surface area contributed by atoms with Crippen LogP contribution in [-0.4, -0.2) is 58.1 Å². The van der Waals surface area contributed by atoms with Gasteiger partial charge in [0.15, 0.2) is 0 Å². The minimum Gasteiger partial charge on any atom is -0.512 e. The molecule has 0 N–H and O–H groups in total. The van der Waals surface area contributed by atoms with Gasteiger partial charge in [0.05, 0.1) is 0 Å². The summed E-state index contributed by atoms with van der Waals surface area (Å²) in [5, 5.41) is 0. The van der Waals surface area contributed by atoms with E-state index in [0.29, 0.717) is 0 Å². The normalized spacial score (nSPS) is 14.3. The van der Waals surface area contributed by atoms with Crippen molar-refractivity contribution < 1.29 is 90.2 Å². The van der Waals surface area contributed by atoms with Crippen LogP contribution in [0.25, 0.3) is 0 Å². The van der Waals surface area contributed by atoms with E-state index in [4.69, 9.17) is 0 Å². The number of hydrogen-bond acceptors (Lipinski definition) is 4. The first-order chi connectivity index (χ1) is 10.8. The van der Waals surface area contributed by atoms with Gasteiger partial charge in [-0.25, -0.2) is 0 Å². The van der Waals surface area contributed by atoms with Crippen molar-refractivity contribution in [1.82, 2.24) is 0 Å². The Labute approximate surface area is 149 Å². The van der Waals surface area contributed by atoms with Crippen LogP contribution in [0.4, 0.5) is 52.7 Å². The van der Waals surface area contributed by atoms with E-state index in [1.54, 1.807) is 0 Å². The van der Waals surface area contributed by atoms with E-state index in [0.717, 1.165) is 0 Å². The summed E-state index contributed by atoms with van der Waals surface area (Å²) in [7, 11) is 0. The average Bonchev–Trinajstić information content (AvgIpc) is 2.33. The standard InChI is InChI=1S/C8H8BF12O4.Li/c10-5(11,12)1-22-9(23-2-6(13,14)15,24-3-7(16,17)18)25-4-8(19,20)21;/h1-4H2;/q-1;+1. The van der Waals surface area contributed by atoms with E-state index in [2.05, 4.69) is 18.6 Å². The van der Waals surface area contributed by atoms with Crippen LogP contribution in [0.5, 0.6) is 0 Å². The van der Waals surface area contributed by atoms with Crippen LogP contribution in [0.3, 0.4) is 0 Å². The zero-order chi connectivity index (χ0) is 20.2. The van der Waals surface area contributed by atoms with Crippen LogP contribution >= 0.6 is 0 Å². The maximum absolute atomic E-state index is 12.1. The smallest absolute Gasteiger partial charge is 0.512 e. The largest absolute Gasteiger partial charge is 1.00 e. The number of rotatable bonds is 8. The molecule has 0 rings (SSSR count). The van der Waals surface area contributed by atoms with Crippen LogP contribution in [-0.2, 0) is 18.6 Å². The second-order valence-electron chi connectivity index (χ2n) is 4.28. The molecule has 0 radical (unpaired) electrons. The van der Waals surface area contributed by atoms with Gasteiger partial charge in [0, 0.05) is 0 Å². The van der Waals surface area contributed by atoms with Crippen molar-refractivity contribution in [3.8, 4) is 0 Å². The Balaban J connectivity index is 0. The summed E-state index contributed by atoms with van der Waals surface area (Å²) in [6, 6.07) is 0. The Kier molecular flexibility index (Phi) is 10.4. The van der Waals surface area contributed by atoms with Gasteiger partial charge >= 0.3 is 50.5 Å². The molecule has 0 atom stereocenters. The third-order valence-electron chi connectivity index (χ3n) is 1.80. The maximum Gasteiger partial charge on any atom is 1.00 e. The first-order valence-electron chi connectivity index (χ1n) is 5.78. The number of halogens is 12. The van der Waals surface area contributed by atoms with Crippen molar-refractivity contribution in [2.45, 2.75) is 24.7 Å². The van der Waals surface area contributed by atoms with Gasteiger partial charge in [-0.2, -0.15) is 52.7 Å². The molecule has 152 valence electrons. The van der Waals surface area contributed by atoms with E-state index in [1.807, 2.05) is 0 Å². The fourth-order valence-corrected chi connectivity index (χ4v) is 1.07. The zero-order valence-corrected chi connectivity index (χ0v) is 12.6. The van der Waals surface area contributed by atoms with E-state index in [9.17, 15) is 52.7 Å². The Morgan fingerprint density at radius 2 is 0.577 bits per heavy atom. The molecular weight excluding hydrogens is 406 g/mol. The molecule has 0 bridgehead atoms. The van der Waals surface area contributed by atoms with E-state index >= 15 is 0 Å². The van der Waals surface area contributed by atoms with Gasteiger partial charge < -0.3 is 18.6 Å². The third-order valence-corrected chi connectivity index (χ3v) is 1.80. The van der Waals surface area contributed by atoms with Gasteiger partial charge in [-0.3, -0.25) is 0 Å². The number of alkyl halides is 12. The van der Waals surface area contributed by atoms with E-state index in [1.165, 1.54) is 0 Å². The average molecular weight is 414 g/mol. The van der Waals surface area contributed by atoms with Crippen molar-refractivity contribution >= 4 is 6.96 Å². The summed E-state index contributed by atoms with van der Waals surface area (Å²) in [4.78, 5) is 0. The van der Waals surface area contributed by atoms with Crippen molar-refractivity contribution in [3.05, 3.63) is 0 Å². The van der Waals surface area contributed by atoms with Gasteiger partial charge in [-0.15, -0.1) is 0 Å². The quantitative estimate of drug-likeness (QED) is 0.434. The Morgan fingerprint density at radius 3 is 0.692 bits per heavy atom. The predicted octanol–water partition coefficient (Wildman–Crippen LogP) is 0.742. The molecule has 0 aliphatic rings. The van der Waals surface area contributed by atoms with Crippen LogP contribution in [0.15, 0.2) is 0 Å². The fraction of sp³-hybridized carbons (Fsp3) is 1.00. The Morgan fingerprint density at radius 1 is 0.423 bits per heavy atom. The molecule has 18 heteroatoms. The second kappa shape index (κ2) is 9.73. The van der Waals surface area contributed by atoms with Gasteiger partial charge in [0.25, 0.3) is 0 Å².